The lowest BCUT2D eigenvalue weighted by Gasteiger charge is -2.20. The van der Waals surface area contributed by atoms with Crippen LogP contribution in [0.2, 0.25) is 0 Å². The Morgan fingerprint density at radius 3 is 2.41 bits per heavy atom. The summed E-state index contributed by atoms with van der Waals surface area (Å²) in [6, 6.07) is 14.5. The van der Waals surface area contributed by atoms with Crippen LogP contribution in [0, 0.1) is 20.8 Å². The van der Waals surface area contributed by atoms with Crippen molar-refractivity contribution in [1.29, 1.82) is 0 Å². The van der Waals surface area contributed by atoms with Gasteiger partial charge in [0.15, 0.2) is 17.1 Å². The van der Waals surface area contributed by atoms with Crippen molar-refractivity contribution in [3.05, 3.63) is 65.5 Å². The van der Waals surface area contributed by atoms with Crippen molar-refractivity contribution in [3.63, 3.8) is 0 Å². The number of imidazole rings is 1. The summed E-state index contributed by atoms with van der Waals surface area (Å²) >= 11 is 0. The first-order valence-corrected chi connectivity index (χ1v) is 13.6. The van der Waals surface area contributed by atoms with Crippen LogP contribution in [0.15, 0.2) is 53.4 Å². The number of hydrogen-bond donors (Lipinski definition) is 1. The van der Waals surface area contributed by atoms with Crippen molar-refractivity contribution in [3.8, 4) is 22.8 Å². The lowest BCUT2D eigenvalue weighted by atomic mass is 10.1. The largest absolute Gasteiger partial charge is 0.493 e. The normalized spacial score (nSPS) is 15.9. The molecular weight excluding hydrogens is 490 g/mol. The van der Waals surface area contributed by atoms with Crippen molar-refractivity contribution in [2.75, 3.05) is 32.2 Å². The van der Waals surface area contributed by atoms with Gasteiger partial charge in [0.05, 0.1) is 41.9 Å². The Morgan fingerprint density at radius 2 is 1.70 bits per heavy atom. The van der Waals surface area contributed by atoms with Crippen molar-refractivity contribution in [1.82, 2.24) is 19.3 Å². The quantitative estimate of drug-likeness (QED) is 0.394. The predicted octanol–water partition coefficient (Wildman–Crippen LogP) is 3.90. The van der Waals surface area contributed by atoms with Gasteiger partial charge >= 0.3 is 0 Å². The number of anilines is 1. The highest BCUT2D eigenvalue weighted by Crippen LogP contribution is 2.36. The van der Waals surface area contributed by atoms with Gasteiger partial charge in [0.2, 0.25) is 10.0 Å². The Hall–Kier alpha value is -3.63. The van der Waals surface area contributed by atoms with E-state index in [0.717, 1.165) is 39.5 Å². The molecule has 1 saturated heterocycles. The number of ether oxygens (including phenoxy) is 2. The number of sulfonamides is 1. The highest BCUT2D eigenvalue weighted by Gasteiger charge is 2.30. The highest BCUT2D eigenvalue weighted by atomic mass is 32.2. The SMILES string of the molecule is COc1ccc(-c2c(C)nc3c(N4CCC(NS(=O)(=O)c5ccc(C)cc5)C4)cc(C)nn23)cc1OC. The van der Waals surface area contributed by atoms with E-state index in [1.54, 1.807) is 26.4 Å². The molecule has 1 atom stereocenters. The number of methoxy groups -OCH3 is 2. The second-order valence-corrected chi connectivity index (χ2v) is 11.1. The zero-order valence-electron chi connectivity index (χ0n) is 21.6. The summed E-state index contributed by atoms with van der Waals surface area (Å²) in [5.74, 6) is 1.28. The molecule has 1 fully saturated rings. The zero-order valence-corrected chi connectivity index (χ0v) is 22.5. The Labute approximate surface area is 217 Å². The molecule has 37 heavy (non-hydrogen) atoms. The fraction of sp³-hybridized carbons (Fsp3) is 0.333. The molecule has 3 heterocycles. The minimum Gasteiger partial charge on any atom is -0.493 e. The number of benzene rings is 2. The first-order chi connectivity index (χ1) is 17.7. The number of nitrogens with zero attached hydrogens (tertiary/aromatic N) is 4. The van der Waals surface area contributed by atoms with Crippen LogP contribution in [0.1, 0.15) is 23.4 Å². The van der Waals surface area contributed by atoms with E-state index in [1.807, 2.05) is 61.7 Å². The number of aryl methyl sites for hydroxylation is 3. The van der Waals surface area contributed by atoms with Gasteiger partial charge in [-0.15, -0.1) is 0 Å². The van der Waals surface area contributed by atoms with Gasteiger partial charge in [-0.2, -0.15) is 5.10 Å². The number of aromatic nitrogens is 3. The maximum atomic E-state index is 12.9. The second-order valence-electron chi connectivity index (χ2n) is 9.39. The maximum absolute atomic E-state index is 12.9. The molecule has 1 unspecified atom stereocenters. The van der Waals surface area contributed by atoms with Crippen molar-refractivity contribution >= 4 is 21.4 Å². The summed E-state index contributed by atoms with van der Waals surface area (Å²) < 4.78 is 41.5. The molecule has 9 nitrogen and oxygen atoms in total. The van der Waals surface area contributed by atoms with Gasteiger partial charge in [0, 0.05) is 24.7 Å². The monoisotopic (exact) mass is 521 g/mol. The van der Waals surface area contributed by atoms with Crippen LogP contribution in [0.4, 0.5) is 5.69 Å². The maximum Gasteiger partial charge on any atom is 0.240 e. The standard InChI is InChI=1S/C27H31N5O4S/c1-17-6-9-22(10-7-17)37(33,34)30-21-12-13-31(16-21)23-14-18(2)29-32-26(19(3)28-27(23)32)20-8-11-24(35-4)25(15-20)36-5/h6-11,14-15,21,30H,12-13,16H2,1-5H3. The molecular formula is C27H31N5O4S. The van der Waals surface area contributed by atoms with Gasteiger partial charge in [-0.3, -0.25) is 0 Å². The van der Waals surface area contributed by atoms with Gasteiger partial charge in [0.1, 0.15) is 0 Å². The molecule has 0 saturated carbocycles. The highest BCUT2D eigenvalue weighted by molar-refractivity contribution is 7.89. The molecule has 0 bridgehead atoms. The predicted molar refractivity (Wildman–Crippen MR) is 143 cm³/mol. The summed E-state index contributed by atoms with van der Waals surface area (Å²) in [4.78, 5) is 7.33. The van der Waals surface area contributed by atoms with E-state index in [2.05, 4.69) is 9.62 Å². The van der Waals surface area contributed by atoms with Crippen LogP contribution in [0.3, 0.4) is 0 Å². The summed E-state index contributed by atoms with van der Waals surface area (Å²) in [7, 11) is -0.379. The molecule has 0 aliphatic carbocycles. The molecule has 194 valence electrons. The summed E-state index contributed by atoms with van der Waals surface area (Å²) in [6.07, 6.45) is 0.695. The lowest BCUT2D eigenvalue weighted by molar-refractivity contribution is 0.355. The minimum absolute atomic E-state index is 0.207. The molecule has 10 heteroatoms. The lowest BCUT2D eigenvalue weighted by Crippen LogP contribution is -2.37. The molecule has 1 N–H and O–H groups in total. The first-order valence-electron chi connectivity index (χ1n) is 12.1. The minimum atomic E-state index is -3.60. The summed E-state index contributed by atoms with van der Waals surface area (Å²) in [6.45, 7) is 7.09. The van der Waals surface area contributed by atoms with Gasteiger partial charge in [-0.1, -0.05) is 17.7 Å². The molecule has 1 aliphatic rings. The Bertz CT molecular complexity index is 1560. The molecule has 5 rings (SSSR count). The van der Waals surface area contributed by atoms with E-state index >= 15 is 0 Å². The molecule has 2 aromatic carbocycles. The Balaban J connectivity index is 1.46. The van der Waals surface area contributed by atoms with E-state index in [-0.39, 0.29) is 10.9 Å². The number of nitrogens with one attached hydrogen (secondary N) is 1. The smallest absolute Gasteiger partial charge is 0.240 e. The third-order valence-electron chi connectivity index (χ3n) is 6.70. The molecule has 0 radical (unpaired) electrons. The molecule has 2 aromatic heterocycles. The molecule has 4 aromatic rings. The van der Waals surface area contributed by atoms with Crippen molar-refractivity contribution in [2.24, 2.45) is 0 Å². The van der Waals surface area contributed by atoms with E-state index in [4.69, 9.17) is 19.6 Å². The number of fused-ring (bicyclic) bond motifs is 1. The fourth-order valence-corrected chi connectivity index (χ4v) is 6.12. The average molecular weight is 522 g/mol. The summed E-state index contributed by atoms with van der Waals surface area (Å²) in [5.41, 5.74) is 6.14. The van der Waals surface area contributed by atoms with Crippen molar-refractivity contribution in [2.45, 2.75) is 38.1 Å². The molecule has 0 spiro atoms. The third kappa shape index (κ3) is 4.74. The molecule has 1 aliphatic heterocycles. The molecule has 0 amide bonds. The van der Waals surface area contributed by atoms with Crippen LogP contribution in [-0.4, -0.2) is 56.4 Å². The van der Waals surface area contributed by atoms with Crippen molar-refractivity contribution < 1.29 is 17.9 Å². The van der Waals surface area contributed by atoms with Gasteiger partial charge in [0.25, 0.3) is 0 Å². The van der Waals surface area contributed by atoms with Gasteiger partial charge in [-0.05, 0) is 63.6 Å². The number of rotatable bonds is 7. The fourth-order valence-electron chi connectivity index (χ4n) is 4.86. The van der Waals surface area contributed by atoms with E-state index < -0.39 is 10.0 Å². The van der Waals surface area contributed by atoms with E-state index in [9.17, 15) is 8.42 Å². The van der Waals surface area contributed by atoms with Crippen LogP contribution >= 0.6 is 0 Å². The summed E-state index contributed by atoms with van der Waals surface area (Å²) in [5, 5.41) is 4.77. The third-order valence-corrected chi connectivity index (χ3v) is 8.24. The zero-order chi connectivity index (χ0) is 26.3. The Morgan fingerprint density at radius 1 is 0.973 bits per heavy atom. The van der Waals surface area contributed by atoms with Crippen LogP contribution in [0.25, 0.3) is 16.9 Å². The Kier molecular flexibility index (Phi) is 6.55. The number of hydrogen-bond acceptors (Lipinski definition) is 7. The van der Waals surface area contributed by atoms with Crippen LogP contribution < -0.4 is 19.1 Å². The average Bonchev–Trinajstić information content (AvgIpc) is 3.46. The first kappa shape index (κ1) is 25.0. The van der Waals surface area contributed by atoms with Crippen LogP contribution in [-0.2, 0) is 10.0 Å². The van der Waals surface area contributed by atoms with Crippen LogP contribution in [0.5, 0.6) is 11.5 Å². The van der Waals surface area contributed by atoms with Gasteiger partial charge in [-0.25, -0.2) is 22.6 Å². The van der Waals surface area contributed by atoms with E-state index in [1.165, 1.54) is 0 Å². The topological polar surface area (TPSA) is 98.1 Å². The van der Waals surface area contributed by atoms with E-state index in [0.29, 0.717) is 31.0 Å². The second kappa shape index (κ2) is 9.68. The van der Waals surface area contributed by atoms with Gasteiger partial charge < -0.3 is 14.4 Å².